The molecule has 0 saturated carbocycles. The predicted octanol–water partition coefficient (Wildman–Crippen LogP) is 2.75. The minimum Gasteiger partial charge on any atom is -0.372 e. The largest absolute Gasteiger partial charge is 0.454 e. The van der Waals surface area contributed by atoms with Gasteiger partial charge in [0, 0.05) is 24.4 Å². The first-order valence-corrected chi connectivity index (χ1v) is 4.73. The summed E-state index contributed by atoms with van der Waals surface area (Å²) >= 11 is 0. The minimum absolute atomic E-state index is 0.0577. The summed E-state index contributed by atoms with van der Waals surface area (Å²) in [6.45, 7) is 7.40. The maximum absolute atomic E-state index is 11.9. The Bertz CT molecular complexity index is 236. The predicted molar refractivity (Wildman–Crippen MR) is 52.3 cm³/mol. The van der Waals surface area contributed by atoms with E-state index >= 15 is 0 Å². The average molecular weight is 223 g/mol. The lowest BCUT2D eigenvalue weighted by atomic mass is 10.2. The zero-order valence-corrected chi connectivity index (χ0v) is 9.30. The summed E-state index contributed by atoms with van der Waals surface area (Å²) in [6.07, 6.45) is -3.01. The van der Waals surface area contributed by atoms with E-state index in [0.29, 0.717) is 6.08 Å². The van der Waals surface area contributed by atoms with Gasteiger partial charge in [0.1, 0.15) is 0 Å². The quantitative estimate of drug-likeness (QED) is 0.683. The van der Waals surface area contributed by atoms with Crippen molar-refractivity contribution in [3.8, 4) is 0 Å². The molecule has 88 valence electrons. The van der Waals surface area contributed by atoms with Crippen LogP contribution in [0.25, 0.3) is 0 Å². The van der Waals surface area contributed by atoms with Crippen LogP contribution in [0.4, 0.5) is 13.2 Å². The molecule has 0 unspecified atom stereocenters. The van der Waals surface area contributed by atoms with Crippen molar-refractivity contribution in [2.24, 2.45) is 0 Å². The molecule has 0 saturated heterocycles. The number of hydrogen-bond donors (Lipinski definition) is 0. The summed E-state index contributed by atoms with van der Waals surface area (Å²) < 4.78 is 35.6. The first kappa shape index (κ1) is 14.0. The van der Waals surface area contributed by atoms with Gasteiger partial charge in [0.05, 0.1) is 0 Å². The number of alkyl halides is 3. The molecule has 0 aromatic rings. The first-order valence-electron chi connectivity index (χ1n) is 4.73. The van der Waals surface area contributed by atoms with E-state index in [1.807, 2.05) is 27.7 Å². The number of hydrogen-bond acceptors (Lipinski definition) is 2. The van der Waals surface area contributed by atoms with E-state index < -0.39 is 12.0 Å². The summed E-state index contributed by atoms with van der Waals surface area (Å²) in [6, 6.07) is 0.115. The number of rotatable bonds is 4. The van der Waals surface area contributed by atoms with Gasteiger partial charge in [-0.3, -0.25) is 4.79 Å². The van der Waals surface area contributed by atoms with Crippen molar-refractivity contribution in [2.45, 2.75) is 46.0 Å². The summed E-state index contributed by atoms with van der Waals surface area (Å²) in [5, 5.41) is 0. The molecule has 2 nitrogen and oxygen atoms in total. The Labute approximate surface area is 87.8 Å². The fourth-order valence-corrected chi connectivity index (χ4v) is 1.19. The molecule has 0 rings (SSSR count). The van der Waals surface area contributed by atoms with Gasteiger partial charge < -0.3 is 4.90 Å². The standard InChI is InChI=1S/C10H16F3NO/c1-7(2)14(8(3)4)6-5-9(15)10(11,12)13/h5-8H,1-4H3. The third-order valence-electron chi connectivity index (χ3n) is 1.87. The van der Waals surface area contributed by atoms with E-state index in [2.05, 4.69) is 0 Å². The summed E-state index contributed by atoms with van der Waals surface area (Å²) in [5.74, 6) is -1.83. The lowest BCUT2D eigenvalue weighted by molar-refractivity contribution is -0.165. The van der Waals surface area contributed by atoms with Crippen LogP contribution in [0.15, 0.2) is 12.3 Å². The van der Waals surface area contributed by atoms with Crippen molar-refractivity contribution < 1.29 is 18.0 Å². The topological polar surface area (TPSA) is 20.3 Å². The van der Waals surface area contributed by atoms with E-state index in [1.165, 1.54) is 6.20 Å². The van der Waals surface area contributed by atoms with Gasteiger partial charge in [0.25, 0.3) is 5.78 Å². The van der Waals surface area contributed by atoms with Gasteiger partial charge in [0.2, 0.25) is 0 Å². The zero-order valence-electron chi connectivity index (χ0n) is 9.30. The molecule has 0 fully saturated rings. The lowest BCUT2D eigenvalue weighted by Gasteiger charge is -2.29. The molecular formula is C10H16F3NO. The van der Waals surface area contributed by atoms with Crippen molar-refractivity contribution in [1.82, 2.24) is 4.90 Å². The maximum atomic E-state index is 11.9. The van der Waals surface area contributed by atoms with Crippen LogP contribution in [0.5, 0.6) is 0 Å². The molecule has 5 heteroatoms. The van der Waals surface area contributed by atoms with E-state index in [1.54, 1.807) is 4.90 Å². The molecular weight excluding hydrogens is 207 g/mol. The Hall–Kier alpha value is -1.00. The first-order chi connectivity index (χ1) is 6.66. The van der Waals surface area contributed by atoms with Gasteiger partial charge in [-0.1, -0.05) is 0 Å². The molecule has 0 radical (unpaired) electrons. The second kappa shape index (κ2) is 5.19. The van der Waals surface area contributed by atoms with Crippen LogP contribution in [0.2, 0.25) is 0 Å². The van der Waals surface area contributed by atoms with Gasteiger partial charge in [0.15, 0.2) is 0 Å². The van der Waals surface area contributed by atoms with Gasteiger partial charge in [-0.25, -0.2) is 0 Å². The number of nitrogens with zero attached hydrogens (tertiary/aromatic N) is 1. The Morgan fingerprint density at radius 3 is 1.80 bits per heavy atom. The van der Waals surface area contributed by atoms with Crippen molar-refractivity contribution in [2.75, 3.05) is 0 Å². The molecule has 0 heterocycles. The van der Waals surface area contributed by atoms with Crippen LogP contribution >= 0.6 is 0 Å². The highest BCUT2D eigenvalue weighted by Gasteiger charge is 2.36. The normalized spacial score (nSPS) is 12.9. The Balaban J connectivity index is 4.55. The second-order valence-electron chi connectivity index (χ2n) is 3.81. The van der Waals surface area contributed by atoms with Crippen molar-refractivity contribution in [3.05, 3.63) is 12.3 Å². The fraction of sp³-hybridized carbons (Fsp3) is 0.700. The Morgan fingerprint density at radius 1 is 1.13 bits per heavy atom. The molecule has 0 spiro atoms. The van der Waals surface area contributed by atoms with Crippen molar-refractivity contribution in [3.63, 3.8) is 0 Å². The van der Waals surface area contributed by atoms with Crippen LogP contribution in [0.1, 0.15) is 27.7 Å². The summed E-state index contributed by atoms with van der Waals surface area (Å²) in [5.41, 5.74) is 0. The average Bonchev–Trinajstić information content (AvgIpc) is 2.00. The van der Waals surface area contributed by atoms with Crippen LogP contribution in [0.3, 0.4) is 0 Å². The molecule has 0 amide bonds. The minimum atomic E-state index is -4.78. The lowest BCUT2D eigenvalue weighted by Crippen LogP contribution is -2.32. The zero-order chi connectivity index (χ0) is 12.2. The Morgan fingerprint density at radius 2 is 1.53 bits per heavy atom. The van der Waals surface area contributed by atoms with Gasteiger partial charge in [-0.2, -0.15) is 13.2 Å². The van der Waals surface area contributed by atoms with Gasteiger partial charge in [-0.05, 0) is 27.7 Å². The SMILES string of the molecule is CC(C)N(C=CC(=O)C(F)(F)F)C(C)C. The maximum Gasteiger partial charge on any atom is 0.454 e. The number of carbonyl (C=O) groups is 1. The molecule has 0 aliphatic rings. The van der Waals surface area contributed by atoms with Crippen LogP contribution in [0, 0.1) is 0 Å². The highest BCUT2D eigenvalue weighted by molar-refractivity contribution is 5.94. The van der Waals surface area contributed by atoms with Crippen LogP contribution < -0.4 is 0 Å². The molecule has 0 aliphatic carbocycles. The number of carbonyl (C=O) groups excluding carboxylic acids is 1. The van der Waals surface area contributed by atoms with Crippen LogP contribution in [-0.2, 0) is 4.79 Å². The molecule has 0 aliphatic heterocycles. The number of allylic oxidation sites excluding steroid dienone is 1. The van der Waals surface area contributed by atoms with E-state index in [0.717, 1.165) is 0 Å². The van der Waals surface area contributed by atoms with Crippen molar-refractivity contribution in [1.29, 1.82) is 0 Å². The molecule has 0 N–H and O–H groups in total. The highest BCUT2D eigenvalue weighted by atomic mass is 19.4. The van der Waals surface area contributed by atoms with Crippen LogP contribution in [-0.4, -0.2) is 28.9 Å². The highest BCUT2D eigenvalue weighted by Crippen LogP contribution is 2.17. The Kier molecular flexibility index (Phi) is 4.84. The summed E-state index contributed by atoms with van der Waals surface area (Å²) in [7, 11) is 0. The molecule has 0 aromatic carbocycles. The van der Waals surface area contributed by atoms with E-state index in [-0.39, 0.29) is 12.1 Å². The van der Waals surface area contributed by atoms with E-state index in [9.17, 15) is 18.0 Å². The molecule has 15 heavy (non-hydrogen) atoms. The molecule has 0 aromatic heterocycles. The number of halogens is 3. The third kappa shape index (κ3) is 4.85. The van der Waals surface area contributed by atoms with Gasteiger partial charge >= 0.3 is 6.18 Å². The number of ketones is 1. The molecule has 0 atom stereocenters. The monoisotopic (exact) mass is 223 g/mol. The van der Waals surface area contributed by atoms with E-state index in [4.69, 9.17) is 0 Å². The fourth-order valence-electron chi connectivity index (χ4n) is 1.19. The smallest absolute Gasteiger partial charge is 0.372 e. The summed E-state index contributed by atoms with van der Waals surface area (Å²) in [4.78, 5) is 12.3. The van der Waals surface area contributed by atoms with Crippen molar-refractivity contribution >= 4 is 5.78 Å². The molecule has 0 bridgehead atoms. The third-order valence-corrected chi connectivity index (χ3v) is 1.87. The van der Waals surface area contributed by atoms with Gasteiger partial charge in [-0.15, -0.1) is 0 Å². The second-order valence-corrected chi connectivity index (χ2v) is 3.81.